The van der Waals surface area contributed by atoms with Crippen LogP contribution in [0.1, 0.15) is 58.5 Å². The smallest absolute Gasteiger partial charge is 0.261 e. The van der Waals surface area contributed by atoms with Crippen LogP contribution in [0.3, 0.4) is 0 Å². The van der Waals surface area contributed by atoms with Gasteiger partial charge in [0.05, 0.1) is 61.6 Å². The van der Waals surface area contributed by atoms with Crippen LogP contribution in [0.5, 0.6) is 11.5 Å². The van der Waals surface area contributed by atoms with Crippen LogP contribution in [-0.4, -0.2) is 128 Å². The molecule has 6 aromatic rings. The molecule has 8 heterocycles. The van der Waals surface area contributed by atoms with Crippen molar-refractivity contribution in [2.75, 3.05) is 86.3 Å². The van der Waals surface area contributed by atoms with Crippen LogP contribution in [0.15, 0.2) is 73.6 Å². The summed E-state index contributed by atoms with van der Waals surface area (Å²) in [5.41, 5.74) is 6.20. The average Bonchev–Trinajstić information content (AvgIpc) is 4.06. The molecule has 2 aromatic carbocycles. The zero-order valence-corrected chi connectivity index (χ0v) is 34.7. The van der Waals surface area contributed by atoms with Gasteiger partial charge < -0.3 is 49.6 Å². The lowest BCUT2D eigenvalue weighted by atomic mass is 9.95. The SMILES string of the molecule is C[C@@]1(CCO)Cc2cc(NC(=O)c3cnn4cccnc34)c(N3CCOCC3)cc2O1.C[C@]1(CCO)Cc2cc(NC(=O)c3cnn4cccnc34)c(N3CCOCC3)cc2O1. The molecule has 2 atom stereocenters. The largest absolute Gasteiger partial charge is 0.487 e. The van der Waals surface area contributed by atoms with Gasteiger partial charge in [-0.1, -0.05) is 0 Å². The first-order chi connectivity index (χ1) is 30.1. The highest BCUT2D eigenvalue weighted by molar-refractivity contribution is 6.10. The van der Waals surface area contributed by atoms with Gasteiger partial charge in [-0.15, -0.1) is 0 Å². The minimum atomic E-state index is -0.450. The maximum Gasteiger partial charge on any atom is 0.261 e. The van der Waals surface area contributed by atoms with Gasteiger partial charge in [0.1, 0.15) is 33.8 Å². The van der Waals surface area contributed by atoms with Crippen LogP contribution in [0.4, 0.5) is 22.7 Å². The second-order valence-corrected chi connectivity index (χ2v) is 16.4. The van der Waals surface area contributed by atoms with Crippen molar-refractivity contribution < 1.29 is 38.7 Å². The molecule has 2 saturated heterocycles. The number of fused-ring (bicyclic) bond motifs is 4. The summed E-state index contributed by atoms with van der Waals surface area (Å²) < 4.78 is 26.6. The molecular formula is C44H50N10O8. The summed E-state index contributed by atoms with van der Waals surface area (Å²) >= 11 is 0. The first-order valence-electron chi connectivity index (χ1n) is 20.9. The molecular weight excluding hydrogens is 797 g/mol. The van der Waals surface area contributed by atoms with Crippen molar-refractivity contribution in [3.63, 3.8) is 0 Å². The molecule has 4 N–H and O–H groups in total. The highest BCUT2D eigenvalue weighted by Crippen LogP contribution is 2.44. The van der Waals surface area contributed by atoms with Crippen molar-refractivity contribution in [2.45, 2.75) is 50.7 Å². The highest BCUT2D eigenvalue weighted by Gasteiger charge is 2.37. The molecule has 0 bridgehead atoms. The quantitative estimate of drug-likeness (QED) is 0.155. The minimum absolute atomic E-state index is 0.0616. The maximum atomic E-state index is 13.1. The third kappa shape index (κ3) is 8.33. The van der Waals surface area contributed by atoms with E-state index in [2.05, 4.69) is 40.6 Å². The number of carbonyl (C=O) groups is 2. The van der Waals surface area contributed by atoms with Crippen molar-refractivity contribution in [2.24, 2.45) is 0 Å². The highest BCUT2D eigenvalue weighted by atomic mass is 16.5. The van der Waals surface area contributed by atoms with Crippen molar-refractivity contribution in [3.05, 3.63) is 95.8 Å². The molecule has 0 spiro atoms. The molecule has 4 aliphatic heterocycles. The summed E-state index contributed by atoms with van der Waals surface area (Å²) in [6.07, 6.45) is 12.3. The Hall–Kier alpha value is -6.34. The van der Waals surface area contributed by atoms with E-state index in [-0.39, 0.29) is 25.0 Å². The second kappa shape index (κ2) is 17.2. The van der Waals surface area contributed by atoms with Gasteiger partial charge in [0.2, 0.25) is 0 Å². The summed E-state index contributed by atoms with van der Waals surface area (Å²) in [6, 6.07) is 11.5. The fourth-order valence-corrected chi connectivity index (χ4v) is 8.54. The normalized spacial score (nSPS) is 20.5. The molecule has 0 aliphatic carbocycles. The average molecular weight is 847 g/mol. The van der Waals surface area contributed by atoms with Gasteiger partial charge in [-0.05, 0) is 38.1 Å². The summed E-state index contributed by atoms with van der Waals surface area (Å²) in [6.45, 7) is 9.57. The van der Waals surface area contributed by atoms with Gasteiger partial charge in [0.25, 0.3) is 11.8 Å². The Labute approximate surface area is 357 Å². The Kier molecular flexibility index (Phi) is 11.4. The van der Waals surface area contributed by atoms with E-state index in [9.17, 15) is 19.8 Å². The first-order valence-corrected chi connectivity index (χ1v) is 20.9. The van der Waals surface area contributed by atoms with E-state index in [0.717, 1.165) is 71.6 Å². The monoisotopic (exact) mass is 846 g/mol. The number of nitrogens with zero attached hydrogens (tertiary/aromatic N) is 8. The minimum Gasteiger partial charge on any atom is -0.487 e. The summed E-state index contributed by atoms with van der Waals surface area (Å²) in [4.78, 5) is 39.2. The molecule has 0 saturated carbocycles. The van der Waals surface area contributed by atoms with Gasteiger partial charge in [0.15, 0.2) is 11.3 Å². The van der Waals surface area contributed by atoms with E-state index in [1.807, 2.05) is 38.1 Å². The topological polar surface area (TPSA) is 202 Å². The number of morpholine rings is 2. The van der Waals surface area contributed by atoms with E-state index in [0.29, 0.717) is 74.5 Å². The summed E-state index contributed by atoms with van der Waals surface area (Å²) in [7, 11) is 0. The number of nitrogens with one attached hydrogen (secondary N) is 2. The van der Waals surface area contributed by atoms with Crippen LogP contribution in [0.2, 0.25) is 0 Å². The maximum absolute atomic E-state index is 13.1. The number of carbonyl (C=O) groups excluding carboxylic acids is 2. The van der Waals surface area contributed by atoms with E-state index >= 15 is 0 Å². The zero-order chi connectivity index (χ0) is 42.8. The van der Waals surface area contributed by atoms with E-state index in [1.165, 1.54) is 12.4 Å². The number of anilines is 4. The number of ether oxygens (including phenoxy) is 4. The van der Waals surface area contributed by atoms with Crippen molar-refractivity contribution in [1.82, 2.24) is 29.2 Å². The first kappa shape index (κ1) is 41.0. The predicted molar refractivity (Wildman–Crippen MR) is 230 cm³/mol. The second-order valence-electron chi connectivity index (χ2n) is 16.4. The standard InChI is InChI=1S/2C22H25N5O4/c2*1-22(3-8-28)13-15-11-17(18(12-19(15)31-22)26-6-9-30-10-7-26)25-21(29)16-14-24-27-5-2-4-23-20(16)27/h2*2,4-5,11-12,14,28H,3,6-10,13H2,1H3,(H,25,29)/t2*22-/m10/s1. The van der Waals surface area contributed by atoms with Crippen LogP contribution in [0.25, 0.3) is 11.3 Å². The van der Waals surface area contributed by atoms with Crippen LogP contribution >= 0.6 is 0 Å². The fraction of sp³-hybridized carbons (Fsp3) is 0.409. The van der Waals surface area contributed by atoms with Crippen LogP contribution in [0, 0.1) is 0 Å². The zero-order valence-electron chi connectivity index (χ0n) is 34.7. The van der Waals surface area contributed by atoms with Gasteiger partial charge in [0, 0.05) is 113 Å². The number of aliphatic hydroxyl groups excluding tert-OH is 2. The van der Waals surface area contributed by atoms with Crippen molar-refractivity contribution >= 4 is 45.9 Å². The molecule has 0 unspecified atom stereocenters. The molecule has 0 radical (unpaired) electrons. The van der Waals surface area contributed by atoms with Crippen molar-refractivity contribution in [3.8, 4) is 11.5 Å². The Morgan fingerprint density at radius 2 is 1.08 bits per heavy atom. The molecule has 2 fully saturated rings. The Morgan fingerprint density at radius 1 is 0.661 bits per heavy atom. The number of rotatable bonds is 10. The van der Waals surface area contributed by atoms with Gasteiger partial charge >= 0.3 is 0 Å². The lowest BCUT2D eigenvalue weighted by Gasteiger charge is -2.31. The van der Waals surface area contributed by atoms with E-state index < -0.39 is 11.2 Å². The Bertz CT molecular complexity index is 2430. The molecule has 18 nitrogen and oxygen atoms in total. The molecule has 4 aromatic heterocycles. The van der Waals surface area contributed by atoms with Gasteiger partial charge in [-0.2, -0.15) is 10.2 Å². The molecule has 2 amide bonds. The van der Waals surface area contributed by atoms with Gasteiger partial charge in [-0.25, -0.2) is 19.0 Å². The number of hydrogen-bond donors (Lipinski definition) is 4. The number of benzene rings is 2. The number of aliphatic hydroxyl groups is 2. The lowest BCUT2D eigenvalue weighted by Crippen LogP contribution is -2.36. The van der Waals surface area contributed by atoms with Gasteiger partial charge in [-0.3, -0.25) is 9.59 Å². The van der Waals surface area contributed by atoms with Crippen LogP contribution in [-0.2, 0) is 22.3 Å². The lowest BCUT2D eigenvalue weighted by molar-refractivity contribution is 0.0805. The molecule has 18 heteroatoms. The van der Waals surface area contributed by atoms with Crippen molar-refractivity contribution in [1.29, 1.82) is 0 Å². The molecule has 10 rings (SSSR count). The fourth-order valence-electron chi connectivity index (χ4n) is 8.54. The number of hydrogen-bond acceptors (Lipinski definition) is 14. The molecule has 4 aliphatic rings. The molecule has 62 heavy (non-hydrogen) atoms. The Morgan fingerprint density at radius 3 is 1.48 bits per heavy atom. The summed E-state index contributed by atoms with van der Waals surface area (Å²) in [5, 5.41) is 33.4. The van der Waals surface area contributed by atoms with Crippen LogP contribution < -0.4 is 29.9 Å². The summed E-state index contributed by atoms with van der Waals surface area (Å²) in [5.74, 6) is 1.07. The third-order valence-electron chi connectivity index (χ3n) is 11.7. The number of aromatic nitrogens is 6. The molecule has 324 valence electrons. The predicted octanol–water partition coefficient (Wildman–Crippen LogP) is 3.79. The number of amides is 2. The van der Waals surface area contributed by atoms with E-state index in [4.69, 9.17) is 18.9 Å². The third-order valence-corrected chi connectivity index (χ3v) is 11.7. The van der Waals surface area contributed by atoms with E-state index in [1.54, 1.807) is 46.0 Å². The Balaban J connectivity index is 0.000000158.